The van der Waals surface area contributed by atoms with Crippen molar-refractivity contribution >= 4 is 23.3 Å². The van der Waals surface area contributed by atoms with E-state index in [1.54, 1.807) is 18.6 Å². The average Bonchev–Trinajstić information content (AvgIpc) is 2.97. The molecule has 0 bridgehead atoms. The van der Waals surface area contributed by atoms with Gasteiger partial charge < -0.3 is 20.1 Å². The molecule has 1 amide bonds. The summed E-state index contributed by atoms with van der Waals surface area (Å²) in [6, 6.07) is 11.3. The maximum Gasteiger partial charge on any atom is 0.256 e. The summed E-state index contributed by atoms with van der Waals surface area (Å²) in [5, 5.41) is 22.0. The number of rotatable bonds is 4. The molecule has 0 aliphatic heterocycles. The number of amides is 1. The number of nitrogens with one attached hydrogen (secondary N) is 1. The molecule has 0 saturated carbocycles. The SMILES string of the molecule is O=C(Nc1cn(Cc2cccc(Cl)c2)cn1)c1ccc(O)c(O)c1. The van der Waals surface area contributed by atoms with Crippen LogP contribution in [0.15, 0.2) is 55.0 Å². The van der Waals surface area contributed by atoms with Gasteiger partial charge in [-0.2, -0.15) is 0 Å². The Morgan fingerprint density at radius 1 is 1.17 bits per heavy atom. The van der Waals surface area contributed by atoms with Crippen LogP contribution in [0.4, 0.5) is 5.82 Å². The van der Waals surface area contributed by atoms with Crippen molar-refractivity contribution in [3.8, 4) is 11.5 Å². The van der Waals surface area contributed by atoms with Crippen LogP contribution in [-0.2, 0) is 6.54 Å². The first-order chi connectivity index (χ1) is 11.5. The largest absolute Gasteiger partial charge is 0.504 e. The number of aromatic hydroxyl groups is 2. The fourth-order valence-corrected chi connectivity index (χ4v) is 2.42. The summed E-state index contributed by atoms with van der Waals surface area (Å²) in [4.78, 5) is 16.2. The van der Waals surface area contributed by atoms with Gasteiger partial charge in [-0.1, -0.05) is 23.7 Å². The molecular weight excluding hydrogens is 330 g/mol. The zero-order chi connectivity index (χ0) is 17.1. The molecule has 6 nitrogen and oxygen atoms in total. The number of phenols is 2. The summed E-state index contributed by atoms with van der Waals surface area (Å²) in [5.41, 5.74) is 1.23. The molecule has 0 unspecified atom stereocenters. The van der Waals surface area contributed by atoms with Crippen molar-refractivity contribution in [3.05, 3.63) is 71.1 Å². The van der Waals surface area contributed by atoms with E-state index in [0.717, 1.165) is 5.56 Å². The molecule has 122 valence electrons. The predicted octanol–water partition coefficient (Wildman–Crippen LogP) is 3.25. The normalized spacial score (nSPS) is 10.5. The smallest absolute Gasteiger partial charge is 0.256 e. The van der Waals surface area contributed by atoms with Crippen molar-refractivity contribution in [1.82, 2.24) is 9.55 Å². The molecule has 2 aromatic carbocycles. The zero-order valence-corrected chi connectivity index (χ0v) is 13.2. The van der Waals surface area contributed by atoms with Crippen LogP contribution < -0.4 is 5.32 Å². The second-order valence-electron chi connectivity index (χ2n) is 5.22. The van der Waals surface area contributed by atoms with Gasteiger partial charge in [-0.05, 0) is 35.9 Å². The highest BCUT2D eigenvalue weighted by molar-refractivity contribution is 6.30. The lowest BCUT2D eigenvalue weighted by molar-refractivity contribution is 0.102. The Balaban J connectivity index is 1.69. The minimum Gasteiger partial charge on any atom is -0.504 e. The fourth-order valence-electron chi connectivity index (χ4n) is 2.21. The maximum absolute atomic E-state index is 12.1. The Kier molecular flexibility index (Phi) is 4.39. The van der Waals surface area contributed by atoms with Crippen LogP contribution in [0.2, 0.25) is 5.02 Å². The Hall–Kier alpha value is -2.99. The van der Waals surface area contributed by atoms with Crippen molar-refractivity contribution < 1.29 is 15.0 Å². The average molecular weight is 344 g/mol. The Labute approximate surface area is 143 Å². The van der Waals surface area contributed by atoms with E-state index in [-0.39, 0.29) is 17.1 Å². The molecule has 0 aliphatic carbocycles. The van der Waals surface area contributed by atoms with E-state index in [1.807, 2.05) is 22.8 Å². The van der Waals surface area contributed by atoms with Crippen LogP contribution in [0, 0.1) is 0 Å². The van der Waals surface area contributed by atoms with Crippen molar-refractivity contribution in [3.63, 3.8) is 0 Å². The molecule has 1 aromatic heterocycles. The molecule has 0 aliphatic rings. The number of carbonyl (C=O) groups excluding carboxylic acids is 1. The van der Waals surface area contributed by atoms with Crippen LogP contribution in [0.5, 0.6) is 11.5 Å². The van der Waals surface area contributed by atoms with E-state index in [1.165, 1.54) is 18.2 Å². The van der Waals surface area contributed by atoms with Crippen molar-refractivity contribution in [1.29, 1.82) is 0 Å². The summed E-state index contributed by atoms with van der Waals surface area (Å²) in [6.07, 6.45) is 3.30. The van der Waals surface area contributed by atoms with E-state index < -0.39 is 5.91 Å². The second-order valence-corrected chi connectivity index (χ2v) is 5.66. The second kappa shape index (κ2) is 6.64. The molecule has 7 heteroatoms. The number of halogens is 1. The molecule has 1 heterocycles. The molecule has 0 atom stereocenters. The molecule has 24 heavy (non-hydrogen) atoms. The summed E-state index contributed by atoms with van der Waals surface area (Å²) in [5.74, 6) is -0.681. The van der Waals surface area contributed by atoms with Gasteiger partial charge in [-0.15, -0.1) is 0 Å². The number of carbonyl (C=O) groups is 1. The molecule has 3 aromatic rings. The van der Waals surface area contributed by atoms with Gasteiger partial charge in [0.25, 0.3) is 5.91 Å². The lowest BCUT2D eigenvalue weighted by Gasteiger charge is -2.04. The van der Waals surface area contributed by atoms with Crippen LogP contribution in [0.3, 0.4) is 0 Å². The molecule has 0 saturated heterocycles. The highest BCUT2D eigenvalue weighted by Gasteiger charge is 2.10. The van der Waals surface area contributed by atoms with Gasteiger partial charge in [0, 0.05) is 23.3 Å². The van der Waals surface area contributed by atoms with Crippen LogP contribution in [-0.4, -0.2) is 25.7 Å². The summed E-state index contributed by atoms with van der Waals surface area (Å²) < 4.78 is 1.82. The monoisotopic (exact) mass is 343 g/mol. The topological polar surface area (TPSA) is 87.4 Å². The van der Waals surface area contributed by atoms with Gasteiger partial charge in [0.2, 0.25) is 0 Å². The number of hydrogen-bond acceptors (Lipinski definition) is 4. The maximum atomic E-state index is 12.1. The van der Waals surface area contributed by atoms with E-state index in [2.05, 4.69) is 10.3 Å². The van der Waals surface area contributed by atoms with E-state index in [0.29, 0.717) is 17.4 Å². The van der Waals surface area contributed by atoms with E-state index >= 15 is 0 Å². The number of phenolic OH excluding ortho intramolecular Hbond substituents is 2. The van der Waals surface area contributed by atoms with Crippen molar-refractivity contribution in [2.24, 2.45) is 0 Å². The van der Waals surface area contributed by atoms with Crippen LogP contribution >= 0.6 is 11.6 Å². The predicted molar refractivity (Wildman–Crippen MR) is 90.5 cm³/mol. The third kappa shape index (κ3) is 3.67. The minimum atomic E-state index is -0.432. The number of benzene rings is 2. The highest BCUT2D eigenvalue weighted by Crippen LogP contribution is 2.25. The number of hydrogen-bond donors (Lipinski definition) is 3. The lowest BCUT2D eigenvalue weighted by atomic mass is 10.2. The first kappa shape index (κ1) is 15.9. The third-order valence-corrected chi connectivity index (χ3v) is 3.60. The lowest BCUT2D eigenvalue weighted by Crippen LogP contribution is -2.11. The van der Waals surface area contributed by atoms with E-state index in [9.17, 15) is 15.0 Å². The van der Waals surface area contributed by atoms with Gasteiger partial charge in [-0.3, -0.25) is 4.79 Å². The van der Waals surface area contributed by atoms with Gasteiger partial charge in [-0.25, -0.2) is 4.98 Å². The number of aromatic nitrogens is 2. The minimum absolute atomic E-state index is 0.217. The van der Waals surface area contributed by atoms with Crippen molar-refractivity contribution in [2.75, 3.05) is 5.32 Å². The molecule has 0 fully saturated rings. The number of anilines is 1. The van der Waals surface area contributed by atoms with Gasteiger partial charge in [0.05, 0.1) is 6.33 Å². The first-order valence-corrected chi connectivity index (χ1v) is 7.48. The van der Waals surface area contributed by atoms with Gasteiger partial charge >= 0.3 is 0 Å². The number of imidazole rings is 1. The van der Waals surface area contributed by atoms with Crippen LogP contribution in [0.1, 0.15) is 15.9 Å². The molecule has 3 N–H and O–H groups in total. The first-order valence-electron chi connectivity index (χ1n) is 7.11. The standard InChI is InChI=1S/C17H14ClN3O3/c18-13-3-1-2-11(6-13)8-21-9-16(19-10-21)20-17(24)12-4-5-14(22)15(23)7-12/h1-7,9-10,22-23H,8H2,(H,20,24). The van der Waals surface area contributed by atoms with Gasteiger partial charge in [0.1, 0.15) is 0 Å². The van der Waals surface area contributed by atoms with Crippen molar-refractivity contribution in [2.45, 2.75) is 6.54 Å². The highest BCUT2D eigenvalue weighted by atomic mass is 35.5. The summed E-state index contributed by atoms with van der Waals surface area (Å²) >= 11 is 5.96. The molecule has 0 radical (unpaired) electrons. The Bertz CT molecular complexity index is 892. The van der Waals surface area contributed by atoms with Gasteiger partial charge in [0.15, 0.2) is 17.3 Å². The quantitative estimate of drug-likeness (QED) is 0.634. The zero-order valence-electron chi connectivity index (χ0n) is 12.5. The number of nitrogens with zero attached hydrogens (tertiary/aromatic N) is 2. The van der Waals surface area contributed by atoms with E-state index in [4.69, 9.17) is 11.6 Å². The Morgan fingerprint density at radius 3 is 2.75 bits per heavy atom. The third-order valence-electron chi connectivity index (χ3n) is 3.37. The summed E-state index contributed by atoms with van der Waals surface area (Å²) in [6.45, 7) is 0.573. The fraction of sp³-hybridized carbons (Fsp3) is 0.0588. The molecule has 3 rings (SSSR count). The Morgan fingerprint density at radius 2 is 2.00 bits per heavy atom. The summed E-state index contributed by atoms with van der Waals surface area (Å²) in [7, 11) is 0. The molecule has 0 spiro atoms. The van der Waals surface area contributed by atoms with Crippen LogP contribution in [0.25, 0.3) is 0 Å². The molecular formula is C17H14ClN3O3.